The van der Waals surface area contributed by atoms with Crippen molar-refractivity contribution in [3.05, 3.63) is 35.9 Å². The first-order valence-electron chi connectivity index (χ1n) is 8.44. The van der Waals surface area contributed by atoms with Crippen LogP contribution in [-0.4, -0.2) is 57.4 Å². The van der Waals surface area contributed by atoms with Gasteiger partial charge in [-0.2, -0.15) is 0 Å². The first kappa shape index (κ1) is 21.2. The molecular formula is C18H30IN3O2. The van der Waals surface area contributed by atoms with E-state index in [4.69, 9.17) is 9.47 Å². The molecule has 0 aromatic heterocycles. The number of aliphatic imine (C=N–C) groups is 1. The lowest BCUT2D eigenvalue weighted by molar-refractivity contribution is -0.0320. The molecule has 0 amide bonds. The minimum absolute atomic E-state index is 0. The molecule has 0 aliphatic carbocycles. The summed E-state index contributed by atoms with van der Waals surface area (Å²) in [5.74, 6) is 0.917. The zero-order valence-electron chi connectivity index (χ0n) is 14.7. The van der Waals surface area contributed by atoms with Gasteiger partial charge in [0.05, 0.1) is 12.6 Å². The molecule has 0 atom stereocenters. The van der Waals surface area contributed by atoms with Gasteiger partial charge in [0.1, 0.15) is 0 Å². The molecule has 1 saturated heterocycles. The summed E-state index contributed by atoms with van der Waals surface area (Å²) in [7, 11) is 4.02. The normalized spacial score (nSPS) is 15.7. The second-order valence-corrected chi connectivity index (χ2v) is 5.98. The first-order valence-corrected chi connectivity index (χ1v) is 8.44. The zero-order valence-corrected chi connectivity index (χ0v) is 17.1. The molecule has 1 aromatic carbocycles. The van der Waals surface area contributed by atoms with Crippen LogP contribution in [0, 0.1) is 0 Å². The second kappa shape index (κ2) is 12.5. The van der Waals surface area contributed by atoms with E-state index in [1.807, 2.05) is 37.2 Å². The van der Waals surface area contributed by atoms with Crippen LogP contribution < -0.4 is 5.32 Å². The van der Waals surface area contributed by atoms with Crippen LogP contribution in [0.1, 0.15) is 24.8 Å². The van der Waals surface area contributed by atoms with E-state index >= 15 is 0 Å². The molecule has 0 saturated carbocycles. The molecule has 0 bridgehead atoms. The fourth-order valence-electron chi connectivity index (χ4n) is 2.47. The van der Waals surface area contributed by atoms with Gasteiger partial charge in [0.2, 0.25) is 0 Å². The third kappa shape index (κ3) is 8.30. The van der Waals surface area contributed by atoms with Crippen LogP contribution in [-0.2, 0) is 16.0 Å². The van der Waals surface area contributed by atoms with Gasteiger partial charge in [0.15, 0.2) is 5.96 Å². The van der Waals surface area contributed by atoms with Gasteiger partial charge in [-0.15, -0.1) is 24.0 Å². The van der Waals surface area contributed by atoms with Gasteiger partial charge in [-0.25, -0.2) is 4.99 Å². The van der Waals surface area contributed by atoms with E-state index in [0.29, 0.717) is 12.6 Å². The fourth-order valence-corrected chi connectivity index (χ4v) is 2.47. The number of hydrogen-bond acceptors (Lipinski definition) is 3. The van der Waals surface area contributed by atoms with E-state index in [9.17, 15) is 0 Å². The Bertz CT molecular complexity index is 463. The lowest BCUT2D eigenvalue weighted by Gasteiger charge is -2.22. The highest BCUT2D eigenvalue weighted by atomic mass is 127. The quantitative estimate of drug-likeness (QED) is 0.302. The second-order valence-electron chi connectivity index (χ2n) is 5.98. The summed E-state index contributed by atoms with van der Waals surface area (Å²) in [6.07, 6.45) is 3.41. The van der Waals surface area contributed by atoms with E-state index in [-0.39, 0.29) is 24.0 Å². The van der Waals surface area contributed by atoms with Crippen LogP contribution >= 0.6 is 24.0 Å². The number of nitrogens with one attached hydrogen (secondary N) is 1. The Labute approximate surface area is 162 Å². The van der Waals surface area contributed by atoms with Crippen LogP contribution in [0.25, 0.3) is 0 Å². The molecule has 5 nitrogen and oxygen atoms in total. The van der Waals surface area contributed by atoms with Crippen molar-refractivity contribution < 1.29 is 9.47 Å². The van der Waals surface area contributed by atoms with Crippen LogP contribution in [0.2, 0.25) is 0 Å². The minimum Gasteiger partial charge on any atom is -0.381 e. The molecule has 136 valence electrons. The molecular weight excluding hydrogens is 417 g/mol. The molecule has 1 fully saturated rings. The molecule has 1 aromatic rings. The van der Waals surface area contributed by atoms with Crippen molar-refractivity contribution in [1.82, 2.24) is 10.2 Å². The molecule has 2 rings (SSSR count). The maximum Gasteiger partial charge on any atom is 0.193 e. The Morgan fingerprint density at radius 1 is 1.25 bits per heavy atom. The summed E-state index contributed by atoms with van der Waals surface area (Å²) in [5.41, 5.74) is 1.22. The predicted molar refractivity (Wildman–Crippen MR) is 109 cm³/mol. The van der Waals surface area contributed by atoms with Gasteiger partial charge < -0.3 is 19.7 Å². The zero-order chi connectivity index (χ0) is 16.3. The van der Waals surface area contributed by atoms with Crippen molar-refractivity contribution in [3.8, 4) is 0 Å². The third-order valence-electron chi connectivity index (χ3n) is 3.80. The Hall–Kier alpha value is -0.860. The third-order valence-corrected chi connectivity index (χ3v) is 3.80. The van der Waals surface area contributed by atoms with E-state index in [1.54, 1.807) is 0 Å². The Morgan fingerprint density at radius 3 is 2.62 bits per heavy atom. The standard InChI is InChI=1S/C18H29N3O2.HI/c1-21(2)18(20-15-16-7-4-3-5-8-16)19-11-6-12-23-17-9-13-22-14-10-17;/h3-5,7-8,17H,6,9-15H2,1-2H3,(H,19,20);1H. The van der Waals surface area contributed by atoms with Crippen molar-refractivity contribution in [2.45, 2.75) is 31.9 Å². The first-order chi connectivity index (χ1) is 11.3. The number of ether oxygens (including phenoxy) is 2. The topological polar surface area (TPSA) is 46.1 Å². The Kier molecular flexibility index (Phi) is 11.0. The van der Waals surface area contributed by atoms with Crippen molar-refractivity contribution in [2.24, 2.45) is 4.99 Å². The highest BCUT2D eigenvalue weighted by Gasteiger charge is 2.13. The highest BCUT2D eigenvalue weighted by Crippen LogP contribution is 2.10. The van der Waals surface area contributed by atoms with Gasteiger partial charge in [-0.3, -0.25) is 0 Å². The number of halogens is 1. The summed E-state index contributed by atoms with van der Waals surface area (Å²) >= 11 is 0. The molecule has 0 unspecified atom stereocenters. The number of guanidine groups is 1. The molecule has 1 aliphatic rings. The van der Waals surface area contributed by atoms with E-state index in [2.05, 4.69) is 22.4 Å². The van der Waals surface area contributed by atoms with E-state index in [1.165, 1.54) is 5.56 Å². The van der Waals surface area contributed by atoms with Gasteiger partial charge >= 0.3 is 0 Å². The number of hydrogen-bond donors (Lipinski definition) is 1. The van der Waals surface area contributed by atoms with Crippen molar-refractivity contribution in [2.75, 3.05) is 40.5 Å². The molecule has 1 N–H and O–H groups in total. The molecule has 0 spiro atoms. The van der Waals surface area contributed by atoms with Crippen LogP contribution in [0.3, 0.4) is 0 Å². The SMILES string of the molecule is CN(C)C(=NCc1ccccc1)NCCCOC1CCOCC1.I. The highest BCUT2D eigenvalue weighted by molar-refractivity contribution is 14.0. The van der Waals surface area contributed by atoms with Crippen molar-refractivity contribution >= 4 is 29.9 Å². The van der Waals surface area contributed by atoms with Crippen LogP contribution in [0.4, 0.5) is 0 Å². The Morgan fingerprint density at radius 2 is 1.96 bits per heavy atom. The summed E-state index contributed by atoms with van der Waals surface area (Å²) in [5, 5.41) is 3.40. The summed E-state index contributed by atoms with van der Waals surface area (Å²) < 4.78 is 11.2. The van der Waals surface area contributed by atoms with Gasteiger partial charge in [-0.1, -0.05) is 30.3 Å². The van der Waals surface area contributed by atoms with Gasteiger partial charge in [0, 0.05) is 40.5 Å². The number of nitrogens with zero attached hydrogens (tertiary/aromatic N) is 2. The average molecular weight is 447 g/mol. The molecule has 1 heterocycles. The van der Waals surface area contributed by atoms with Gasteiger partial charge in [0.25, 0.3) is 0 Å². The summed E-state index contributed by atoms with van der Waals surface area (Å²) in [4.78, 5) is 6.67. The van der Waals surface area contributed by atoms with Crippen LogP contribution in [0.15, 0.2) is 35.3 Å². The minimum atomic E-state index is 0. The smallest absolute Gasteiger partial charge is 0.193 e. The molecule has 1 aliphatic heterocycles. The lowest BCUT2D eigenvalue weighted by atomic mass is 10.1. The molecule has 6 heteroatoms. The summed E-state index contributed by atoms with van der Waals surface area (Å²) in [6.45, 7) is 4.02. The number of benzene rings is 1. The number of rotatable bonds is 7. The average Bonchev–Trinajstić information content (AvgIpc) is 2.59. The summed E-state index contributed by atoms with van der Waals surface area (Å²) in [6, 6.07) is 10.3. The Balaban J connectivity index is 0.00000288. The molecule has 24 heavy (non-hydrogen) atoms. The predicted octanol–water partition coefficient (Wildman–Crippen LogP) is 2.90. The monoisotopic (exact) mass is 447 g/mol. The maximum absolute atomic E-state index is 5.88. The van der Waals surface area contributed by atoms with Crippen LogP contribution in [0.5, 0.6) is 0 Å². The van der Waals surface area contributed by atoms with Crippen molar-refractivity contribution in [3.63, 3.8) is 0 Å². The lowest BCUT2D eigenvalue weighted by Crippen LogP contribution is -2.37. The van der Waals surface area contributed by atoms with E-state index in [0.717, 1.165) is 51.6 Å². The van der Waals surface area contributed by atoms with E-state index < -0.39 is 0 Å². The largest absolute Gasteiger partial charge is 0.381 e. The fraction of sp³-hybridized carbons (Fsp3) is 0.611. The maximum atomic E-state index is 5.88. The molecule has 0 radical (unpaired) electrons. The van der Waals surface area contributed by atoms with Gasteiger partial charge in [-0.05, 0) is 24.8 Å². The van der Waals surface area contributed by atoms with Crippen molar-refractivity contribution in [1.29, 1.82) is 0 Å².